The monoisotopic (exact) mass is 468 g/mol. The number of rotatable bonds is 4. The van der Waals surface area contributed by atoms with Gasteiger partial charge in [0.25, 0.3) is 0 Å². The maximum Gasteiger partial charge on any atom is 0.326 e. The number of hydrogen-bond donors (Lipinski definition) is 1. The van der Waals surface area contributed by atoms with Gasteiger partial charge in [0.05, 0.1) is 21.1 Å². The van der Waals surface area contributed by atoms with Crippen molar-refractivity contribution in [1.29, 1.82) is 0 Å². The van der Waals surface area contributed by atoms with E-state index in [1.165, 1.54) is 27.1 Å². The lowest BCUT2D eigenvalue weighted by molar-refractivity contribution is -0.133. The van der Waals surface area contributed by atoms with E-state index in [1.807, 2.05) is 0 Å². The Labute approximate surface area is 182 Å². The van der Waals surface area contributed by atoms with E-state index in [0.717, 1.165) is 0 Å². The van der Waals surface area contributed by atoms with Crippen LogP contribution < -0.4 is 5.69 Å². The minimum Gasteiger partial charge on any atom is -0.338 e. The van der Waals surface area contributed by atoms with Crippen LogP contribution in [0.3, 0.4) is 0 Å². The molecule has 2 aromatic carbocycles. The van der Waals surface area contributed by atoms with Crippen LogP contribution in [-0.2, 0) is 21.4 Å². The van der Waals surface area contributed by atoms with Gasteiger partial charge in [-0.05, 0) is 24.3 Å². The van der Waals surface area contributed by atoms with Gasteiger partial charge >= 0.3 is 5.69 Å². The number of carbonyl (C=O) groups excluding carboxylic acids is 1. The molecule has 0 aliphatic carbocycles. The summed E-state index contributed by atoms with van der Waals surface area (Å²) >= 11 is 12.0. The molecule has 1 aliphatic rings. The van der Waals surface area contributed by atoms with Crippen molar-refractivity contribution in [2.75, 3.05) is 26.2 Å². The van der Waals surface area contributed by atoms with Crippen LogP contribution in [0.5, 0.6) is 0 Å². The molecule has 0 spiro atoms. The number of fused-ring (bicyclic) bond motifs is 1. The lowest BCUT2D eigenvalue weighted by Gasteiger charge is -2.34. The summed E-state index contributed by atoms with van der Waals surface area (Å²) in [4.78, 5) is 29.1. The second-order valence-electron chi connectivity index (χ2n) is 6.87. The highest BCUT2D eigenvalue weighted by Crippen LogP contribution is 2.31. The number of sulfonamides is 1. The van der Waals surface area contributed by atoms with Crippen LogP contribution in [0.15, 0.2) is 52.2 Å². The highest BCUT2D eigenvalue weighted by molar-refractivity contribution is 7.89. The Morgan fingerprint density at radius 1 is 1.00 bits per heavy atom. The van der Waals surface area contributed by atoms with Gasteiger partial charge in [0.1, 0.15) is 11.4 Å². The Bertz CT molecular complexity index is 1280. The highest BCUT2D eigenvalue weighted by atomic mass is 35.5. The highest BCUT2D eigenvalue weighted by Gasteiger charge is 2.32. The zero-order valence-corrected chi connectivity index (χ0v) is 18.0. The van der Waals surface area contributed by atoms with Crippen LogP contribution >= 0.6 is 23.2 Å². The van der Waals surface area contributed by atoms with E-state index in [4.69, 9.17) is 23.2 Å². The smallest absolute Gasteiger partial charge is 0.326 e. The molecule has 1 saturated heterocycles. The summed E-state index contributed by atoms with van der Waals surface area (Å²) in [5.41, 5.74) is 0.943. The third kappa shape index (κ3) is 3.74. The van der Waals surface area contributed by atoms with Crippen molar-refractivity contribution in [3.8, 4) is 0 Å². The third-order valence-electron chi connectivity index (χ3n) is 5.10. The van der Waals surface area contributed by atoms with Gasteiger partial charge in [0.2, 0.25) is 15.9 Å². The van der Waals surface area contributed by atoms with Crippen LogP contribution in [-0.4, -0.2) is 59.3 Å². The van der Waals surface area contributed by atoms with Gasteiger partial charge in [-0.3, -0.25) is 9.36 Å². The summed E-state index contributed by atoms with van der Waals surface area (Å²) < 4.78 is 28.5. The van der Waals surface area contributed by atoms with E-state index in [0.29, 0.717) is 11.0 Å². The molecular weight excluding hydrogens is 451 g/mol. The van der Waals surface area contributed by atoms with Gasteiger partial charge < -0.3 is 9.88 Å². The molecule has 3 aromatic rings. The van der Waals surface area contributed by atoms with Crippen LogP contribution in [0.2, 0.25) is 10.0 Å². The number of hydrogen-bond acceptors (Lipinski definition) is 4. The average Bonchev–Trinajstić information content (AvgIpc) is 3.05. The van der Waals surface area contributed by atoms with E-state index in [2.05, 4.69) is 4.98 Å². The van der Waals surface area contributed by atoms with Crippen molar-refractivity contribution < 1.29 is 13.2 Å². The minimum absolute atomic E-state index is 0.0172. The van der Waals surface area contributed by atoms with Crippen molar-refractivity contribution in [3.63, 3.8) is 0 Å². The molecule has 4 rings (SSSR count). The first kappa shape index (κ1) is 20.9. The van der Waals surface area contributed by atoms with Crippen LogP contribution in [0.25, 0.3) is 11.0 Å². The number of para-hydroxylation sites is 2. The molecule has 1 aliphatic heterocycles. The zero-order valence-electron chi connectivity index (χ0n) is 15.7. The number of aromatic amines is 1. The molecule has 1 amide bonds. The van der Waals surface area contributed by atoms with E-state index >= 15 is 0 Å². The number of H-pyrrole nitrogens is 1. The molecular formula is C19H18Cl2N4O4S. The summed E-state index contributed by atoms with van der Waals surface area (Å²) in [6.45, 7) is 0.565. The Morgan fingerprint density at radius 3 is 2.43 bits per heavy atom. The zero-order chi connectivity index (χ0) is 21.5. The number of piperazine rings is 1. The van der Waals surface area contributed by atoms with E-state index in [-0.39, 0.29) is 59.3 Å². The van der Waals surface area contributed by atoms with E-state index in [1.54, 1.807) is 29.2 Å². The van der Waals surface area contributed by atoms with Crippen LogP contribution in [0.1, 0.15) is 0 Å². The Hall–Kier alpha value is -2.33. The normalized spacial score (nSPS) is 15.6. The molecule has 0 atom stereocenters. The van der Waals surface area contributed by atoms with Crippen molar-refractivity contribution in [2.24, 2.45) is 0 Å². The quantitative estimate of drug-likeness (QED) is 0.634. The molecule has 8 nitrogen and oxygen atoms in total. The Morgan fingerprint density at radius 2 is 1.70 bits per heavy atom. The first-order chi connectivity index (χ1) is 14.3. The topological polar surface area (TPSA) is 95.5 Å². The molecule has 0 bridgehead atoms. The number of nitrogens with zero attached hydrogens (tertiary/aromatic N) is 3. The summed E-state index contributed by atoms with van der Waals surface area (Å²) in [6, 6.07) is 11.6. The largest absolute Gasteiger partial charge is 0.338 e. The molecule has 1 fully saturated rings. The van der Waals surface area contributed by atoms with Crippen molar-refractivity contribution in [3.05, 3.63) is 63.0 Å². The number of aromatic nitrogens is 2. The van der Waals surface area contributed by atoms with Crippen molar-refractivity contribution in [1.82, 2.24) is 18.8 Å². The fraction of sp³-hybridized carbons (Fsp3) is 0.263. The number of nitrogens with one attached hydrogen (secondary N) is 1. The predicted molar refractivity (Wildman–Crippen MR) is 114 cm³/mol. The molecule has 11 heteroatoms. The molecule has 0 unspecified atom stereocenters. The number of amides is 1. The van der Waals surface area contributed by atoms with E-state index < -0.39 is 10.0 Å². The van der Waals surface area contributed by atoms with Gasteiger partial charge in [-0.1, -0.05) is 41.4 Å². The average molecular weight is 469 g/mol. The molecule has 0 radical (unpaired) electrons. The second kappa shape index (κ2) is 8.07. The SMILES string of the molecule is O=C(Cn1c(=O)[nH]c2ccccc21)N1CCN(S(=O)(=O)c2cccc(Cl)c2Cl)CC1. The predicted octanol–water partition coefficient (Wildman–Crippen LogP) is 2.17. The number of benzene rings is 2. The number of halogens is 2. The maximum absolute atomic E-state index is 12.9. The van der Waals surface area contributed by atoms with Crippen molar-refractivity contribution in [2.45, 2.75) is 11.4 Å². The first-order valence-corrected chi connectivity index (χ1v) is 11.4. The molecule has 1 N–H and O–H groups in total. The van der Waals surface area contributed by atoms with Gasteiger partial charge in [-0.15, -0.1) is 0 Å². The first-order valence-electron chi connectivity index (χ1n) is 9.18. The summed E-state index contributed by atoms with van der Waals surface area (Å²) in [5.74, 6) is -0.250. The molecule has 2 heterocycles. The van der Waals surface area contributed by atoms with Gasteiger partial charge in [-0.25, -0.2) is 13.2 Å². The van der Waals surface area contributed by atoms with Crippen LogP contribution in [0.4, 0.5) is 0 Å². The number of carbonyl (C=O) groups is 1. The Balaban J connectivity index is 1.46. The second-order valence-corrected chi connectivity index (χ2v) is 9.56. The molecule has 1 aromatic heterocycles. The lowest BCUT2D eigenvalue weighted by Crippen LogP contribution is -2.51. The lowest BCUT2D eigenvalue weighted by atomic mass is 10.3. The fourth-order valence-corrected chi connectivity index (χ4v) is 5.66. The molecule has 0 saturated carbocycles. The summed E-state index contributed by atoms with van der Waals surface area (Å²) in [7, 11) is -3.83. The molecule has 30 heavy (non-hydrogen) atoms. The summed E-state index contributed by atoms with van der Waals surface area (Å²) in [6.07, 6.45) is 0. The standard InChI is InChI=1S/C19H18Cl2N4O4S/c20-13-4-3-7-16(18(13)21)30(28,29)24-10-8-23(9-11-24)17(26)12-25-15-6-2-1-5-14(15)22-19(25)27/h1-7H,8-12H2,(H,22,27). The Kier molecular flexibility index (Phi) is 5.63. The van der Waals surface area contributed by atoms with Crippen LogP contribution in [0, 0.1) is 0 Å². The minimum atomic E-state index is -3.83. The van der Waals surface area contributed by atoms with Gasteiger partial charge in [-0.2, -0.15) is 4.31 Å². The molecule has 158 valence electrons. The fourth-order valence-electron chi connectivity index (χ4n) is 3.50. The maximum atomic E-state index is 12.9. The van der Waals surface area contributed by atoms with Gasteiger partial charge in [0.15, 0.2) is 0 Å². The third-order valence-corrected chi connectivity index (χ3v) is 7.97. The van der Waals surface area contributed by atoms with E-state index in [9.17, 15) is 18.0 Å². The summed E-state index contributed by atoms with van der Waals surface area (Å²) in [5, 5.41) is 0.145. The number of imidazole rings is 1. The van der Waals surface area contributed by atoms with Crippen molar-refractivity contribution >= 4 is 50.2 Å². The van der Waals surface area contributed by atoms with Gasteiger partial charge in [0, 0.05) is 26.2 Å².